The molecule has 1 unspecified atom stereocenters. The van der Waals surface area contributed by atoms with Gasteiger partial charge in [0.15, 0.2) is 5.78 Å². The number of aliphatic hydroxyl groups is 1. The molecule has 11 heteroatoms. The summed E-state index contributed by atoms with van der Waals surface area (Å²) in [6.45, 7) is 9.67. The van der Waals surface area contributed by atoms with Crippen LogP contribution in [0.1, 0.15) is 78.3 Å². The first-order chi connectivity index (χ1) is 19.3. The van der Waals surface area contributed by atoms with Crippen molar-refractivity contribution in [3.63, 3.8) is 0 Å². The third-order valence-corrected chi connectivity index (χ3v) is 8.48. The van der Waals surface area contributed by atoms with E-state index in [9.17, 15) is 28.7 Å². The van der Waals surface area contributed by atoms with Crippen LogP contribution < -0.4 is 9.64 Å². The van der Waals surface area contributed by atoms with Crippen LogP contribution >= 0.6 is 11.3 Å². The second-order valence-corrected chi connectivity index (χ2v) is 11.9. The Hall–Kier alpha value is -3.15. The minimum Gasteiger partial charge on any atom is -0.496 e. The first-order valence-corrected chi connectivity index (χ1v) is 14.4. The van der Waals surface area contributed by atoms with Gasteiger partial charge in [-0.25, -0.2) is 9.18 Å². The van der Waals surface area contributed by atoms with Crippen molar-refractivity contribution in [1.82, 2.24) is 0 Å². The normalized spacial score (nSPS) is 16.1. The monoisotopic (exact) mass is 591 g/mol. The van der Waals surface area contributed by atoms with Crippen LogP contribution in [0.3, 0.4) is 0 Å². The van der Waals surface area contributed by atoms with Gasteiger partial charge in [0.2, 0.25) is 5.91 Å². The third-order valence-electron chi connectivity index (χ3n) is 7.19. The number of carbonyl (C=O) groups is 4. The molecule has 0 bridgehead atoms. The van der Waals surface area contributed by atoms with Crippen molar-refractivity contribution in [2.45, 2.75) is 54.1 Å². The van der Waals surface area contributed by atoms with Crippen molar-refractivity contribution in [1.29, 1.82) is 0 Å². The number of anilines is 1. The van der Waals surface area contributed by atoms with E-state index in [1.807, 2.05) is 13.8 Å². The third kappa shape index (κ3) is 6.52. The highest BCUT2D eigenvalue weighted by Gasteiger charge is 2.53. The lowest BCUT2D eigenvalue weighted by Crippen LogP contribution is -2.53. The Morgan fingerprint density at radius 1 is 1.22 bits per heavy atom. The second-order valence-electron chi connectivity index (χ2n) is 10.9. The molecule has 1 aliphatic rings. The van der Waals surface area contributed by atoms with E-state index in [4.69, 9.17) is 14.2 Å². The molecule has 1 aromatic heterocycles. The van der Waals surface area contributed by atoms with Gasteiger partial charge in [-0.2, -0.15) is 0 Å². The first kappa shape index (κ1) is 32.4. The number of nitrogens with zero attached hydrogens (tertiary/aromatic N) is 1. The van der Waals surface area contributed by atoms with Gasteiger partial charge >= 0.3 is 5.97 Å². The van der Waals surface area contributed by atoms with Gasteiger partial charge in [0.1, 0.15) is 39.3 Å². The molecule has 224 valence electrons. The van der Waals surface area contributed by atoms with Gasteiger partial charge in [0, 0.05) is 17.4 Å². The number of carbonyl (C=O) groups excluding carboxylic acids is 4. The number of ketones is 2. The molecule has 41 heavy (non-hydrogen) atoms. The number of hydrogen-bond acceptors (Lipinski definition) is 9. The lowest BCUT2D eigenvalue weighted by Gasteiger charge is -2.40. The van der Waals surface area contributed by atoms with Crippen LogP contribution in [0, 0.1) is 30.0 Å². The van der Waals surface area contributed by atoms with E-state index in [1.54, 1.807) is 27.7 Å². The van der Waals surface area contributed by atoms with E-state index in [0.717, 1.165) is 11.3 Å². The molecule has 1 aromatic carbocycles. The van der Waals surface area contributed by atoms with Crippen LogP contribution in [0.15, 0.2) is 18.2 Å². The van der Waals surface area contributed by atoms with Crippen LogP contribution in [0.2, 0.25) is 0 Å². The van der Waals surface area contributed by atoms with Gasteiger partial charge in [-0.15, -0.1) is 11.3 Å². The number of methoxy groups -OCH3 is 1. The van der Waals surface area contributed by atoms with E-state index in [1.165, 1.54) is 30.2 Å². The second kappa shape index (κ2) is 13.2. The number of esters is 1. The summed E-state index contributed by atoms with van der Waals surface area (Å²) in [4.78, 5) is 55.9. The fourth-order valence-corrected chi connectivity index (χ4v) is 6.27. The number of hydrogen-bond donors (Lipinski definition) is 1. The maximum absolute atomic E-state index is 14.4. The molecule has 0 saturated carbocycles. The molecule has 2 heterocycles. The number of thiophene rings is 1. The number of fused-ring (bicyclic) bond motifs is 1. The predicted molar refractivity (Wildman–Crippen MR) is 152 cm³/mol. The molecule has 0 fully saturated rings. The number of benzene rings is 1. The first-order valence-electron chi connectivity index (χ1n) is 13.5. The predicted octanol–water partition coefficient (Wildman–Crippen LogP) is 4.92. The van der Waals surface area contributed by atoms with E-state index < -0.39 is 40.9 Å². The Bertz CT molecular complexity index is 1320. The molecular formula is C30H38FNO8S. The van der Waals surface area contributed by atoms with Crippen molar-refractivity contribution in [3.05, 3.63) is 45.6 Å². The van der Waals surface area contributed by atoms with E-state index in [-0.39, 0.29) is 65.5 Å². The van der Waals surface area contributed by atoms with Crippen molar-refractivity contribution in [2.75, 3.05) is 38.4 Å². The number of amides is 1. The average Bonchev–Trinajstić information content (AvgIpc) is 3.25. The number of aliphatic hydroxyl groups excluding tert-OH is 1. The van der Waals surface area contributed by atoms with Crippen LogP contribution in [-0.2, 0) is 19.1 Å². The molecule has 9 nitrogen and oxygen atoms in total. The molecule has 1 aliphatic heterocycles. The summed E-state index contributed by atoms with van der Waals surface area (Å²) in [6.07, 6.45) is -0.808. The molecule has 2 atom stereocenters. The molecule has 0 saturated heterocycles. The van der Waals surface area contributed by atoms with Crippen LogP contribution in [0.25, 0.3) is 0 Å². The minimum atomic E-state index is -1.36. The summed E-state index contributed by atoms with van der Waals surface area (Å²) in [5, 5.41) is 9.70. The van der Waals surface area contributed by atoms with Crippen LogP contribution in [0.4, 0.5) is 9.39 Å². The zero-order chi connectivity index (χ0) is 30.6. The number of halogens is 1. The summed E-state index contributed by atoms with van der Waals surface area (Å²) in [6, 6.07) is 3.87. The van der Waals surface area contributed by atoms with Crippen molar-refractivity contribution >= 4 is 39.8 Å². The van der Waals surface area contributed by atoms with Gasteiger partial charge < -0.3 is 19.3 Å². The zero-order valence-corrected chi connectivity index (χ0v) is 25.4. The van der Waals surface area contributed by atoms with Crippen molar-refractivity contribution in [2.24, 2.45) is 17.3 Å². The van der Waals surface area contributed by atoms with Crippen LogP contribution in [0.5, 0.6) is 5.75 Å². The Balaban J connectivity index is 2.22. The Morgan fingerprint density at radius 2 is 1.90 bits per heavy atom. The van der Waals surface area contributed by atoms with Crippen molar-refractivity contribution in [3.8, 4) is 5.75 Å². The molecule has 0 spiro atoms. The maximum Gasteiger partial charge on any atom is 0.348 e. The van der Waals surface area contributed by atoms with Gasteiger partial charge in [-0.3, -0.25) is 19.3 Å². The summed E-state index contributed by atoms with van der Waals surface area (Å²) in [5.74, 6) is -3.65. The minimum absolute atomic E-state index is 0.0113. The molecular weight excluding hydrogens is 553 g/mol. The van der Waals surface area contributed by atoms with E-state index in [0.29, 0.717) is 11.3 Å². The fourth-order valence-electron chi connectivity index (χ4n) is 5.04. The Morgan fingerprint density at radius 3 is 2.49 bits per heavy atom. The van der Waals surface area contributed by atoms with Crippen LogP contribution in [-0.4, -0.2) is 62.0 Å². The zero-order valence-electron chi connectivity index (χ0n) is 24.5. The van der Waals surface area contributed by atoms with Gasteiger partial charge in [0.25, 0.3) is 0 Å². The summed E-state index contributed by atoms with van der Waals surface area (Å²) in [7, 11) is 1.41. The molecule has 1 N–H and O–H groups in total. The highest BCUT2D eigenvalue weighted by molar-refractivity contribution is 7.19. The molecule has 3 rings (SSSR count). The highest BCUT2D eigenvalue weighted by atomic mass is 32.1. The average molecular weight is 592 g/mol. The summed E-state index contributed by atoms with van der Waals surface area (Å²) < 4.78 is 30.9. The molecule has 2 aromatic rings. The van der Waals surface area contributed by atoms with E-state index in [2.05, 4.69) is 0 Å². The van der Waals surface area contributed by atoms with Crippen molar-refractivity contribution < 1.29 is 42.9 Å². The Kier molecular flexibility index (Phi) is 10.4. The van der Waals surface area contributed by atoms with Gasteiger partial charge in [-0.1, -0.05) is 27.7 Å². The van der Waals surface area contributed by atoms with Gasteiger partial charge in [0.05, 0.1) is 39.0 Å². The van der Waals surface area contributed by atoms with E-state index >= 15 is 0 Å². The summed E-state index contributed by atoms with van der Waals surface area (Å²) in [5.41, 5.74) is -0.539. The SMILES string of the molecule is CCOC(=O)c1sc2c(c1C)C(=O)C(C(C)(C)C(=O)CC(C)C)C(=O)N2C[C@H](OCCO)c1cc(F)ccc1OC. The summed E-state index contributed by atoms with van der Waals surface area (Å²) >= 11 is 0.946. The number of rotatable bonds is 13. The highest BCUT2D eigenvalue weighted by Crippen LogP contribution is 2.47. The topological polar surface area (TPSA) is 119 Å². The fraction of sp³-hybridized carbons (Fsp3) is 0.533. The molecule has 0 radical (unpaired) electrons. The number of Topliss-reactive ketones (excluding diaryl/α,β-unsaturated/α-hetero) is 2. The maximum atomic E-state index is 14.4. The number of ether oxygens (including phenoxy) is 3. The largest absolute Gasteiger partial charge is 0.496 e. The molecule has 0 aliphatic carbocycles. The van der Waals surface area contributed by atoms with Gasteiger partial charge in [-0.05, 0) is 43.5 Å². The lowest BCUT2D eigenvalue weighted by atomic mass is 9.68. The standard InChI is InChI=1S/C30H38FNO8S/c1-8-39-29(37)26-17(4)23-25(35)24(30(5,6)22(34)13-16(2)3)27(36)32(28(23)41-26)15-21(40-12-11-33)19-14-18(31)9-10-20(19)38-7/h9-10,14,16,21,24,33H,8,11-13,15H2,1-7H3/t21-,24?/m0/s1. The quantitative estimate of drug-likeness (QED) is 0.258. The molecule has 1 amide bonds. The Labute approximate surface area is 243 Å². The smallest absolute Gasteiger partial charge is 0.348 e. The lowest BCUT2D eigenvalue weighted by molar-refractivity contribution is -0.136.